The lowest BCUT2D eigenvalue weighted by molar-refractivity contribution is -0.137. The quantitative estimate of drug-likeness (QED) is 0.727. The highest BCUT2D eigenvalue weighted by atomic mass is 35.5. The first kappa shape index (κ1) is 17.9. The van der Waals surface area contributed by atoms with Gasteiger partial charge in [0.1, 0.15) is 0 Å². The van der Waals surface area contributed by atoms with E-state index in [1.165, 1.54) is 16.8 Å². The number of carbonyl (C=O) groups excluding carboxylic acids is 1. The molecule has 3 rings (SSSR count). The first-order valence-corrected chi connectivity index (χ1v) is 7.81. The average Bonchev–Trinajstić information content (AvgIpc) is 2.98. The molecular formula is C17H12ClF3N4O. The van der Waals surface area contributed by atoms with Crippen LogP contribution in [0.3, 0.4) is 0 Å². The Morgan fingerprint density at radius 1 is 1.15 bits per heavy atom. The van der Waals surface area contributed by atoms with Gasteiger partial charge in [0.2, 0.25) is 0 Å². The van der Waals surface area contributed by atoms with Crippen LogP contribution >= 0.6 is 11.6 Å². The summed E-state index contributed by atoms with van der Waals surface area (Å²) < 4.78 is 39.8. The highest BCUT2D eigenvalue weighted by Crippen LogP contribution is 2.30. The fourth-order valence-corrected chi connectivity index (χ4v) is 2.53. The number of aromatic nitrogens is 3. The molecule has 1 aromatic heterocycles. The van der Waals surface area contributed by atoms with Crippen molar-refractivity contribution in [3.05, 3.63) is 70.5 Å². The molecule has 0 aliphatic rings. The Kier molecular flexibility index (Phi) is 4.69. The number of amides is 1. The molecule has 0 aliphatic heterocycles. The summed E-state index contributed by atoms with van der Waals surface area (Å²) in [6, 6.07) is 11.3. The van der Waals surface area contributed by atoms with Crippen molar-refractivity contribution in [2.45, 2.75) is 13.1 Å². The van der Waals surface area contributed by atoms with Crippen molar-refractivity contribution in [3.63, 3.8) is 0 Å². The summed E-state index contributed by atoms with van der Waals surface area (Å²) in [6.45, 7) is 1.54. The van der Waals surface area contributed by atoms with Crippen molar-refractivity contribution < 1.29 is 18.0 Å². The lowest BCUT2D eigenvalue weighted by Gasteiger charge is -2.09. The first-order chi connectivity index (χ1) is 12.3. The zero-order valence-electron chi connectivity index (χ0n) is 13.4. The molecule has 0 radical (unpaired) electrons. The maximum absolute atomic E-state index is 12.9. The first-order valence-electron chi connectivity index (χ1n) is 7.43. The SMILES string of the molecule is Cc1c(C(=O)Nc2ccccc2Cl)nnn1-c1cccc(C(F)(F)F)c1. The van der Waals surface area contributed by atoms with E-state index in [0.29, 0.717) is 16.4 Å². The van der Waals surface area contributed by atoms with Gasteiger partial charge in [0.25, 0.3) is 5.91 Å². The Bertz CT molecular complexity index is 969. The van der Waals surface area contributed by atoms with Crippen molar-refractivity contribution in [3.8, 4) is 5.69 Å². The lowest BCUT2D eigenvalue weighted by atomic mass is 10.2. The van der Waals surface area contributed by atoms with Gasteiger partial charge in [-0.15, -0.1) is 5.10 Å². The molecule has 1 heterocycles. The van der Waals surface area contributed by atoms with Gasteiger partial charge in [-0.25, -0.2) is 4.68 Å². The van der Waals surface area contributed by atoms with Crippen LogP contribution in [0.25, 0.3) is 5.69 Å². The van der Waals surface area contributed by atoms with E-state index in [0.717, 1.165) is 12.1 Å². The van der Waals surface area contributed by atoms with Crippen LogP contribution in [0, 0.1) is 6.92 Å². The Labute approximate surface area is 151 Å². The second kappa shape index (κ2) is 6.80. The van der Waals surface area contributed by atoms with E-state index in [-0.39, 0.29) is 11.4 Å². The van der Waals surface area contributed by atoms with Gasteiger partial charge in [-0.1, -0.05) is 35.0 Å². The van der Waals surface area contributed by atoms with Crippen molar-refractivity contribution >= 4 is 23.2 Å². The van der Waals surface area contributed by atoms with Crippen LogP contribution in [0.15, 0.2) is 48.5 Å². The van der Waals surface area contributed by atoms with E-state index in [2.05, 4.69) is 15.6 Å². The maximum atomic E-state index is 12.9. The second-order valence-electron chi connectivity index (χ2n) is 5.42. The third-order valence-corrected chi connectivity index (χ3v) is 3.98. The molecule has 0 atom stereocenters. The lowest BCUT2D eigenvalue weighted by Crippen LogP contribution is -2.14. The summed E-state index contributed by atoms with van der Waals surface area (Å²) in [5.74, 6) is -0.561. The summed E-state index contributed by atoms with van der Waals surface area (Å²) in [4.78, 5) is 12.4. The zero-order valence-corrected chi connectivity index (χ0v) is 14.1. The van der Waals surface area contributed by atoms with Gasteiger partial charge in [0, 0.05) is 0 Å². The van der Waals surface area contributed by atoms with Crippen molar-refractivity contribution in [2.24, 2.45) is 0 Å². The largest absolute Gasteiger partial charge is 0.416 e. The number of nitrogens with zero attached hydrogens (tertiary/aromatic N) is 3. The molecule has 3 aromatic rings. The molecule has 0 unspecified atom stereocenters. The fourth-order valence-electron chi connectivity index (χ4n) is 2.34. The van der Waals surface area contributed by atoms with Crippen LogP contribution in [0.5, 0.6) is 0 Å². The molecular weight excluding hydrogens is 369 g/mol. The van der Waals surface area contributed by atoms with Gasteiger partial charge >= 0.3 is 6.18 Å². The van der Waals surface area contributed by atoms with Crippen LogP contribution < -0.4 is 5.32 Å². The molecule has 1 amide bonds. The predicted molar refractivity (Wildman–Crippen MR) is 90.5 cm³/mol. The fraction of sp³-hybridized carbons (Fsp3) is 0.118. The monoisotopic (exact) mass is 380 g/mol. The Morgan fingerprint density at radius 2 is 1.88 bits per heavy atom. The molecule has 0 saturated heterocycles. The van der Waals surface area contributed by atoms with Crippen molar-refractivity contribution in [2.75, 3.05) is 5.32 Å². The summed E-state index contributed by atoms with van der Waals surface area (Å²) in [7, 11) is 0. The van der Waals surface area contributed by atoms with E-state index in [1.807, 2.05) is 0 Å². The number of halogens is 4. The molecule has 0 spiro atoms. The minimum Gasteiger partial charge on any atom is -0.319 e. The number of hydrogen-bond acceptors (Lipinski definition) is 3. The number of nitrogens with one attached hydrogen (secondary N) is 1. The molecule has 0 fully saturated rings. The van der Waals surface area contributed by atoms with Gasteiger partial charge in [-0.05, 0) is 37.3 Å². The van der Waals surface area contributed by atoms with E-state index in [1.54, 1.807) is 31.2 Å². The highest BCUT2D eigenvalue weighted by Gasteiger charge is 2.31. The Balaban J connectivity index is 1.91. The Morgan fingerprint density at radius 3 is 2.58 bits per heavy atom. The van der Waals surface area contributed by atoms with Crippen molar-refractivity contribution in [1.29, 1.82) is 0 Å². The summed E-state index contributed by atoms with van der Waals surface area (Å²) in [6.07, 6.45) is -4.48. The molecule has 134 valence electrons. The van der Waals surface area contributed by atoms with Gasteiger partial charge in [0.15, 0.2) is 5.69 Å². The molecule has 0 saturated carbocycles. The Hall–Kier alpha value is -2.87. The van der Waals surface area contributed by atoms with E-state index < -0.39 is 17.6 Å². The number of carbonyl (C=O) groups is 1. The molecule has 5 nitrogen and oxygen atoms in total. The summed E-state index contributed by atoms with van der Waals surface area (Å²) in [5.41, 5.74) is 0.0250. The maximum Gasteiger partial charge on any atom is 0.416 e. The van der Waals surface area contributed by atoms with E-state index >= 15 is 0 Å². The van der Waals surface area contributed by atoms with Crippen molar-refractivity contribution in [1.82, 2.24) is 15.0 Å². The minimum absolute atomic E-state index is 0.0117. The number of rotatable bonds is 3. The number of anilines is 1. The number of hydrogen-bond donors (Lipinski definition) is 1. The third kappa shape index (κ3) is 3.55. The molecule has 9 heteroatoms. The minimum atomic E-state index is -4.48. The molecule has 2 aromatic carbocycles. The topological polar surface area (TPSA) is 59.8 Å². The molecule has 26 heavy (non-hydrogen) atoms. The van der Waals surface area contributed by atoms with Crippen LogP contribution in [0.1, 0.15) is 21.7 Å². The standard InChI is InChI=1S/C17H12ClF3N4O/c1-10-15(16(26)22-14-8-3-2-7-13(14)18)23-24-25(10)12-6-4-5-11(9-12)17(19,20)21/h2-9H,1H3,(H,22,26). The molecule has 1 N–H and O–H groups in total. The molecule has 0 aliphatic carbocycles. The van der Waals surface area contributed by atoms with Crippen LogP contribution in [-0.4, -0.2) is 20.9 Å². The predicted octanol–water partition coefficient (Wildman–Crippen LogP) is 4.50. The smallest absolute Gasteiger partial charge is 0.319 e. The van der Waals surface area contributed by atoms with Crippen LogP contribution in [0.4, 0.5) is 18.9 Å². The average molecular weight is 381 g/mol. The zero-order chi connectivity index (χ0) is 18.9. The second-order valence-corrected chi connectivity index (χ2v) is 5.82. The van der Waals surface area contributed by atoms with E-state index in [9.17, 15) is 18.0 Å². The number of alkyl halides is 3. The van der Waals surface area contributed by atoms with Gasteiger partial charge in [-0.3, -0.25) is 4.79 Å². The summed E-state index contributed by atoms with van der Waals surface area (Å²) in [5, 5.41) is 10.5. The molecule has 0 bridgehead atoms. The van der Waals surface area contributed by atoms with Gasteiger partial charge < -0.3 is 5.32 Å². The van der Waals surface area contributed by atoms with Crippen LogP contribution in [0.2, 0.25) is 5.02 Å². The summed E-state index contributed by atoms with van der Waals surface area (Å²) >= 11 is 5.99. The normalized spacial score (nSPS) is 11.4. The van der Waals surface area contributed by atoms with E-state index in [4.69, 9.17) is 11.6 Å². The van der Waals surface area contributed by atoms with Crippen LogP contribution in [-0.2, 0) is 6.18 Å². The third-order valence-electron chi connectivity index (χ3n) is 3.65. The number of para-hydroxylation sites is 1. The number of benzene rings is 2. The highest BCUT2D eigenvalue weighted by molar-refractivity contribution is 6.33. The van der Waals surface area contributed by atoms with Gasteiger partial charge in [0.05, 0.1) is 27.7 Å². The van der Waals surface area contributed by atoms with Gasteiger partial charge in [-0.2, -0.15) is 13.2 Å².